The van der Waals surface area contributed by atoms with Crippen LogP contribution in [-0.4, -0.2) is 32.8 Å². The van der Waals surface area contributed by atoms with Crippen LogP contribution in [-0.2, 0) is 6.42 Å². The summed E-state index contributed by atoms with van der Waals surface area (Å²) in [7, 11) is 0. The molecule has 2 N–H and O–H groups in total. The lowest BCUT2D eigenvalue weighted by molar-refractivity contribution is 0.0910. The van der Waals surface area contributed by atoms with E-state index in [9.17, 15) is 15.2 Å². The van der Waals surface area contributed by atoms with Crippen molar-refractivity contribution in [1.82, 2.24) is 9.78 Å². The van der Waals surface area contributed by atoms with Crippen molar-refractivity contribution in [3.05, 3.63) is 40.7 Å². The molecule has 152 valence electrons. The summed E-state index contributed by atoms with van der Waals surface area (Å²) in [6, 6.07) is 8.18. The van der Waals surface area contributed by atoms with Crippen LogP contribution in [0.4, 0.5) is 5.69 Å². The number of nitriles is 1. The average molecular weight is 393 g/mol. The zero-order valence-electron chi connectivity index (χ0n) is 17.3. The van der Waals surface area contributed by atoms with Crippen LogP contribution in [0.5, 0.6) is 0 Å². The zero-order valence-corrected chi connectivity index (χ0v) is 17.3. The third-order valence-electron chi connectivity index (χ3n) is 6.14. The molecule has 1 aromatic carbocycles. The van der Waals surface area contributed by atoms with E-state index in [4.69, 9.17) is 0 Å². The molecular formula is C23H28N4O2. The Labute approximate surface area is 171 Å². The molecule has 0 radical (unpaired) electrons. The number of aliphatic hydroxyl groups excluding tert-OH is 1. The zero-order chi connectivity index (χ0) is 20.8. The number of anilines is 1. The number of hydrogen-bond donors (Lipinski definition) is 2. The van der Waals surface area contributed by atoms with Gasteiger partial charge < -0.3 is 10.4 Å². The second-order valence-corrected chi connectivity index (χ2v) is 9.25. The number of ketones is 1. The van der Waals surface area contributed by atoms with Gasteiger partial charge in [0.2, 0.25) is 0 Å². The largest absolute Gasteiger partial charge is 0.393 e. The predicted molar refractivity (Wildman–Crippen MR) is 111 cm³/mol. The van der Waals surface area contributed by atoms with Crippen LogP contribution in [0.1, 0.15) is 73.3 Å². The van der Waals surface area contributed by atoms with Gasteiger partial charge in [0.25, 0.3) is 0 Å². The van der Waals surface area contributed by atoms with E-state index in [0.717, 1.165) is 60.4 Å². The summed E-state index contributed by atoms with van der Waals surface area (Å²) in [5, 5.41) is 27.5. The van der Waals surface area contributed by atoms with E-state index in [1.807, 2.05) is 29.8 Å². The van der Waals surface area contributed by atoms with Crippen LogP contribution in [0.3, 0.4) is 0 Å². The topological polar surface area (TPSA) is 90.9 Å². The lowest BCUT2D eigenvalue weighted by Gasteiger charge is -2.29. The number of aromatic nitrogens is 2. The van der Waals surface area contributed by atoms with Crippen LogP contribution < -0.4 is 5.32 Å². The molecule has 2 aliphatic carbocycles. The second kappa shape index (κ2) is 7.31. The van der Waals surface area contributed by atoms with Crippen molar-refractivity contribution in [2.45, 2.75) is 71.4 Å². The molecule has 6 heteroatoms. The normalized spacial score (nSPS) is 23.3. The molecule has 29 heavy (non-hydrogen) atoms. The highest BCUT2D eigenvalue weighted by atomic mass is 16.3. The van der Waals surface area contributed by atoms with Crippen molar-refractivity contribution in [1.29, 1.82) is 5.26 Å². The number of aryl methyl sites for hydroxylation is 1. The maximum Gasteiger partial charge on any atom is 0.167 e. The average Bonchev–Trinajstić information content (AvgIpc) is 2.99. The van der Waals surface area contributed by atoms with E-state index >= 15 is 0 Å². The van der Waals surface area contributed by atoms with Crippen molar-refractivity contribution < 1.29 is 9.90 Å². The molecular weight excluding hydrogens is 364 g/mol. The first-order chi connectivity index (χ1) is 13.8. The molecule has 2 aromatic rings. The molecule has 1 aromatic heterocycles. The Morgan fingerprint density at radius 3 is 2.66 bits per heavy atom. The highest BCUT2D eigenvalue weighted by molar-refractivity contribution is 5.99. The van der Waals surface area contributed by atoms with Crippen molar-refractivity contribution in [2.75, 3.05) is 5.32 Å². The molecule has 0 spiro atoms. The van der Waals surface area contributed by atoms with Crippen LogP contribution in [0, 0.1) is 23.7 Å². The molecule has 4 rings (SSSR count). The SMILES string of the molecule is Cc1nn(-c2ccc(C#N)c(NC3CCC(O)CC3)c2)c2c1C(=O)CC(C)(C)C2. The minimum atomic E-state index is -0.214. The van der Waals surface area contributed by atoms with Gasteiger partial charge in [-0.1, -0.05) is 13.8 Å². The van der Waals surface area contributed by atoms with Gasteiger partial charge >= 0.3 is 0 Å². The Morgan fingerprint density at radius 2 is 1.97 bits per heavy atom. The molecule has 0 bridgehead atoms. The van der Waals surface area contributed by atoms with Crippen LogP contribution >= 0.6 is 0 Å². The van der Waals surface area contributed by atoms with E-state index < -0.39 is 0 Å². The van der Waals surface area contributed by atoms with Gasteiger partial charge in [0.15, 0.2) is 5.78 Å². The van der Waals surface area contributed by atoms with E-state index in [2.05, 4.69) is 30.3 Å². The number of benzene rings is 1. The van der Waals surface area contributed by atoms with Gasteiger partial charge in [-0.05, 0) is 62.6 Å². The molecule has 1 saturated carbocycles. The standard InChI is InChI=1S/C23H28N4O2/c1-14-22-20(11-23(2,3)12-21(22)29)27(26-14)17-7-4-15(13-24)19(10-17)25-16-5-8-18(28)9-6-16/h4,7,10,16,18,25,28H,5-6,8-9,11-12H2,1-3H3. The van der Waals surface area contributed by atoms with Gasteiger partial charge in [-0.15, -0.1) is 0 Å². The van der Waals surface area contributed by atoms with Crippen LogP contribution in [0.2, 0.25) is 0 Å². The molecule has 2 aliphatic rings. The summed E-state index contributed by atoms with van der Waals surface area (Å²) >= 11 is 0. The number of rotatable bonds is 3. The summed E-state index contributed by atoms with van der Waals surface area (Å²) in [5.74, 6) is 0.160. The maximum absolute atomic E-state index is 12.7. The molecule has 0 atom stereocenters. The summed E-state index contributed by atoms with van der Waals surface area (Å²) in [6.45, 7) is 6.12. The molecule has 0 unspecified atom stereocenters. The monoisotopic (exact) mass is 392 g/mol. The van der Waals surface area contributed by atoms with Crippen molar-refractivity contribution in [2.24, 2.45) is 5.41 Å². The van der Waals surface area contributed by atoms with Gasteiger partial charge in [0, 0.05) is 12.5 Å². The van der Waals surface area contributed by atoms with Crippen LogP contribution in [0.15, 0.2) is 18.2 Å². The highest BCUT2D eigenvalue weighted by Crippen LogP contribution is 2.37. The quantitative estimate of drug-likeness (QED) is 0.826. The summed E-state index contributed by atoms with van der Waals surface area (Å²) in [6.07, 6.45) is 4.45. The summed E-state index contributed by atoms with van der Waals surface area (Å²) in [5.41, 5.74) is 4.62. The maximum atomic E-state index is 12.7. The number of Topliss-reactive ketones (excluding diaryl/α,β-unsaturated/α-hetero) is 1. The first-order valence-electron chi connectivity index (χ1n) is 10.4. The number of nitrogens with zero attached hydrogens (tertiary/aromatic N) is 3. The fourth-order valence-corrected chi connectivity index (χ4v) is 4.67. The molecule has 1 heterocycles. The Bertz CT molecular complexity index is 991. The van der Waals surface area contributed by atoms with Gasteiger partial charge in [-0.3, -0.25) is 4.79 Å². The summed E-state index contributed by atoms with van der Waals surface area (Å²) in [4.78, 5) is 12.7. The third kappa shape index (κ3) is 3.79. The fourth-order valence-electron chi connectivity index (χ4n) is 4.67. The Morgan fingerprint density at radius 1 is 1.24 bits per heavy atom. The highest BCUT2D eigenvalue weighted by Gasteiger charge is 2.35. The van der Waals surface area contributed by atoms with Crippen molar-refractivity contribution in [3.63, 3.8) is 0 Å². The second-order valence-electron chi connectivity index (χ2n) is 9.25. The minimum absolute atomic E-state index is 0.0923. The first-order valence-corrected chi connectivity index (χ1v) is 10.4. The number of carbonyl (C=O) groups excluding carboxylic acids is 1. The smallest absolute Gasteiger partial charge is 0.167 e. The van der Waals surface area contributed by atoms with Crippen LogP contribution in [0.25, 0.3) is 5.69 Å². The van der Waals surface area contributed by atoms with E-state index in [1.165, 1.54) is 0 Å². The Hall–Kier alpha value is -2.65. The number of fused-ring (bicyclic) bond motifs is 1. The van der Waals surface area contributed by atoms with E-state index in [1.54, 1.807) is 0 Å². The summed E-state index contributed by atoms with van der Waals surface area (Å²) < 4.78 is 1.88. The lowest BCUT2D eigenvalue weighted by atomic mass is 9.75. The number of nitrogens with one attached hydrogen (secondary N) is 1. The number of aliphatic hydroxyl groups is 1. The molecule has 1 fully saturated rings. The minimum Gasteiger partial charge on any atom is -0.393 e. The molecule has 0 amide bonds. The third-order valence-corrected chi connectivity index (χ3v) is 6.14. The Kier molecular flexibility index (Phi) is 4.95. The number of carbonyl (C=O) groups is 1. The van der Waals surface area contributed by atoms with Crippen molar-refractivity contribution in [3.8, 4) is 11.8 Å². The first kappa shape index (κ1) is 19.7. The fraction of sp³-hybridized carbons (Fsp3) is 0.522. The van der Waals surface area contributed by atoms with Gasteiger partial charge in [0.05, 0.1) is 40.0 Å². The molecule has 0 saturated heterocycles. The Balaban J connectivity index is 1.71. The van der Waals surface area contributed by atoms with Gasteiger partial charge in [0.1, 0.15) is 6.07 Å². The molecule has 0 aliphatic heterocycles. The lowest BCUT2D eigenvalue weighted by Crippen LogP contribution is -2.29. The predicted octanol–water partition coefficient (Wildman–Crippen LogP) is 3.92. The van der Waals surface area contributed by atoms with E-state index in [-0.39, 0.29) is 23.3 Å². The van der Waals surface area contributed by atoms with Gasteiger partial charge in [-0.25, -0.2) is 4.68 Å². The van der Waals surface area contributed by atoms with E-state index in [0.29, 0.717) is 12.0 Å². The van der Waals surface area contributed by atoms with Gasteiger partial charge in [-0.2, -0.15) is 10.4 Å². The number of hydrogen-bond acceptors (Lipinski definition) is 5. The van der Waals surface area contributed by atoms with Crippen molar-refractivity contribution >= 4 is 11.5 Å². The molecule has 6 nitrogen and oxygen atoms in total.